The molecule has 0 aromatic heterocycles. The molecule has 4 heteroatoms. The minimum atomic E-state index is -0.00509. The van der Waals surface area contributed by atoms with E-state index in [9.17, 15) is 4.79 Å². The Morgan fingerprint density at radius 1 is 1.40 bits per heavy atom. The first-order valence-electron chi connectivity index (χ1n) is 7.39. The number of nitrogens with one attached hydrogen (secondary N) is 2. The maximum atomic E-state index is 11.7. The van der Waals surface area contributed by atoms with E-state index in [1.165, 1.54) is 12.8 Å². The van der Waals surface area contributed by atoms with Gasteiger partial charge in [-0.2, -0.15) is 0 Å². The molecule has 1 aromatic rings. The molecule has 1 amide bonds. The molecule has 20 heavy (non-hydrogen) atoms. The molecule has 0 atom stereocenters. The Hall–Kier alpha value is -1.39. The third kappa shape index (κ3) is 6.17. The second kappa shape index (κ2) is 8.02. The highest BCUT2D eigenvalue weighted by Gasteiger charge is 2.20. The molecule has 110 valence electrons. The largest absolute Gasteiger partial charge is 0.381 e. The molecule has 2 rings (SSSR count). The van der Waals surface area contributed by atoms with Crippen LogP contribution in [0.3, 0.4) is 0 Å². The van der Waals surface area contributed by atoms with Crippen LogP contribution in [-0.4, -0.2) is 32.2 Å². The number of benzene rings is 1. The monoisotopic (exact) mass is 276 g/mol. The molecule has 1 aliphatic rings. The van der Waals surface area contributed by atoms with Crippen LogP contribution < -0.4 is 10.6 Å². The second-order valence-electron chi connectivity index (χ2n) is 5.47. The third-order valence-corrected chi connectivity index (χ3v) is 3.28. The highest BCUT2D eigenvalue weighted by molar-refractivity contribution is 5.92. The van der Waals surface area contributed by atoms with E-state index in [-0.39, 0.29) is 5.91 Å². The predicted octanol–water partition coefficient (Wildman–Crippen LogP) is 2.34. The Morgan fingerprint density at radius 2 is 2.25 bits per heavy atom. The number of aryl methyl sites for hydroxylation is 1. The van der Waals surface area contributed by atoms with Crippen LogP contribution in [-0.2, 0) is 9.53 Å². The zero-order valence-corrected chi connectivity index (χ0v) is 12.2. The van der Waals surface area contributed by atoms with E-state index in [1.807, 2.05) is 31.2 Å². The van der Waals surface area contributed by atoms with Gasteiger partial charge in [0.05, 0.1) is 6.54 Å². The van der Waals surface area contributed by atoms with Gasteiger partial charge in [0.1, 0.15) is 0 Å². The molecular formula is C16H24N2O2. The summed E-state index contributed by atoms with van der Waals surface area (Å²) in [4.78, 5) is 11.7. The lowest BCUT2D eigenvalue weighted by Crippen LogP contribution is -2.29. The standard InChI is InChI=1S/C16H24N2O2/c1-13-4-2-5-15(10-13)18-16(19)11-17-8-3-9-20-12-14-6-7-14/h2,4-5,10,14,17H,3,6-9,11-12H2,1H3,(H,18,19). The first kappa shape index (κ1) is 15.0. The van der Waals surface area contributed by atoms with Crippen LogP contribution in [0.15, 0.2) is 24.3 Å². The van der Waals surface area contributed by atoms with Gasteiger partial charge in [-0.1, -0.05) is 12.1 Å². The molecule has 0 saturated heterocycles. The summed E-state index contributed by atoms with van der Waals surface area (Å²) >= 11 is 0. The Morgan fingerprint density at radius 3 is 3.00 bits per heavy atom. The molecule has 1 saturated carbocycles. The first-order valence-corrected chi connectivity index (χ1v) is 7.39. The zero-order valence-electron chi connectivity index (χ0n) is 12.2. The average molecular weight is 276 g/mol. The van der Waals surface area contributed by atoms with Gasteiger partial charge in [-0.05, 0) is 56.3 Å². The lowest BCUT2D eigenvalue weighted by atomic mass is 10.2. The molecule has 0 bridgehead atoms. The fraction of sp³-hybridized carbons (Fsp3) is 0.562. The molecule has 1 fully saturated rings. The molecule has 1 aliphatic carbocycles. The lowest BCUT2D eigenvalue weighted by molar-refractivity contribution is -0.115. The van der Waals surface area contributed by atoms with E-state index in [2.05, 4.69) is 10.6 Å². The fourth-order valence-corrected chi connectivity index (χ4v) is 1.96. The van der Waals surface area contributed by atoms with Crippen molar-refractivity contribution in [1.29, 1.82) is 0 Å². The van der Waals surface area contributed by atoms with Gasteiger partial charge in [-0.3, -0.25) is 4.79 Å². The van der Waals surface area contributed by atoms with Crippen LogP contribution in [0.1, 0.15) is 24.8 Å². The van der Waals surface area contributed by atoms with Gasteiger partial charge in [0.25, 0.3) is 0 Å². The van der Waals surface area contributed by atoms with Gasteiger partial charge >= 0.3 is 0 Å². The molecule has 0 aliphatic heterocycles. The van der Waals surface area contributed by atoms with E-state index >= 15 is 0 Å². The van der Waals surface area contributed by atoms with Crippen molar-refractivity contribution in [2.24, 2.45) is 5.92 Å². The van der Waals surface area contributed by atoms with Crippen LogP contribution in [0.25, 0.3) is 0 Å². The maximum Gasteiger partial charge on any atom is 0.238 e. The van der Waals surface area contributed by atoms with Crippen LogP contribution in [0, 0.1) is 12.8 Å². The number of anilines is 1. The minimum Gasteiger partial charge on any atom is -0.381 e. The van der Waals surface area contributed by atoms with Crippen molar-refractivity contribution in [3.05, 3.63) is 29.8 Å². The first-order chi connectivity index (χ1) is 9.74. The van der Waals surface area contributed by atoms with E-state index in [1.54, 1.807) is 0 Å². The van der Waals surface area contributed by atoms with Gasteiger partial charge in [0.2, 0.25) is 5.91 Å². The Bertz CT molecular complexity index is 430. The van der Waals surface area contributed by atoms with Gasteiger partial charge < -0.3 is 15.4 Å². The van der Waals surface area contributed by atoms with Gasteiger partial charge in [0.15, 0.2) is 0 Å². The molecule has 0 heterocycles. The molecule has 0 spiro atoms. The molecule has 1 aromatic carbocycles. The summed E-state index contributed by atoms with van der Waals surface area (Å²) in [6.07, 6.45) is 3.61. The summed E-state index contributed by atoms with van der Waals surface area (Å²) in [6, 6.07) is 7.81. The summed E-state index contributed by atoms with van der Waals surface area (Å²) in [5.74, 6) is 0.817. The van der Waals surface area contributed by atoms with Gasteiger partial charge in [-0.25, -0.2) is 0 Å². The van der Waals surface area contributed by atoms with Gasteiger partial charge in [0, 0.05) is 18.9 Å². The van der Waals surface area contributed by atoms with Crippen molar-refractivity contribution < 1.29 is 9.53 Å². The molecule has 4 nitrogen and oxygen atoms in total. The van der Waals surface area contributed by atoms with Crippen molar-refractivity contribution in [2.75, 3.05) is 31.6 Å². The summed E-state index contributed by atoms with van der Waals surface area (Å²) in [7, 11) is 0. The number of ether oxygens (including phenoxy) is 1. The van der Waals surface area contributed by atoms with Crippen molar-refractivity contribution >= 4 is 11.6 Å². The Labute approximate surface area is 120 Å². The van der Waals surface area contributed by atoms with Crippen molar-refractivity contribution in [3.8, 4) is 0 Å². The van der Waals surface area contributed by atoms with E-state index in [0.29, 0.717) is 6.54 Å². The second-order valence-corrected chi connectivity index (χ2v) is 5.47. The lowest BCUT2D eigenvalue weighted by Gasteiger charge is -2.07. The number of amides is 1. The third-order valence-electron chi connectivity index (χ3n) is 3.28. The normalized spacial score (nSPS) is 14.2. The summed E-state index contributed by atoms with van der Waals surface area (Å²) in [5, 5.41) is 6.01. The number of carbonyl (C=O) groups is 1. The summed E-state index contributed by atoms with van der Waals surface area (Å²) in [6.45, 7) is 4.86. The van der Waals surface area contributed by atoms with Gasteiger partial charge in [-0.15, -0.1) is 0 Å². The van der Waals surface area contributed by atoms with E-state index in [4.69, 9.17) is 4.74 Å². The quantitative estimate of drug-likeness (QED) is 0.681. The number of rotatable bonds is 9. The Kier molecular flexibility index (Phi) is 6.02. The molecule has 0 radical (unpaired) electrons. The number of hydrogen-bond donors (Lipinski definition) is 2. The van der Waals surface area contributed by atoms with Crippen LogP contribution in [0.2, 0.25) is 0 Å². The summed E-state index contributed by atoms with van der Waals surface area (Å²) in [5.41, 5.74) is 1.99. The molecular weight excluding hydrogens is 252 g/mol. The van der Waals surface area contributed by atoms with Crippen LogP contribution in [0.5, 0.6) is 0 Å². The molecule has 2 N–H and O–H groups in total. The molecule has 0 unspecified atom stereocenters. The highest BCUT2D eigenvalue weighted by Crippen LogP contribution is 2.28. The predicted molar refractivity (Wildman–Crippen MR) is 80.8 cm³/mol. The van der Waals surface area contributed by atoms with Crippen LogP contribution in [0.4, 0.5) is 5.69 Å². The number of carbonyl (C=O) groups excluding carboxylic acids is 1. The van der Waals surface area contributed by atoms with Crippen LogP contribution >= 0.6 is 0 Å². The highest BCUT2D eigenvalue weighted by atomic mass is 16.5. The fourth-order valence-electron chi connectivity index (χ4n) is 1.96. The number of hydrogen-bond acceptors (Lipinski definition) is 3. The van der Waals surface area contributed by atoms with Crippen molar-refractivity contribution in [3.63, 3.8) is 0 Å². The Balaban J connectivity index is 1.49. The topological polar surface area (TPSA) is 50.4 Å². The van der Waals surface area contributed by atoms with Crippen molar-refractivity contribution in [1.82, 2.24) is 5.32 Å². The van der Waals surface area contributed by atoms with E-state index in [0.717, 1.165) is 43.3 Å². The zero-order chi connectivity index (χ0) is 14.2. The maximum absolute atomic E-state index is 11.7. The minimum absolute atomic E-state index is 0.00509. The van der Waals surface area contributed by atoms with E-state index < -0.39 is 0 Å². The SMILES string of the molecule is Cc1cccc(NC(=O)CNCCCOCC2CC2)c1. The van der Waals surface area contributed by atoms with Crippen molar-refractivity contribution in [2.45, 2.75) is 26.2 Å². The smallest absolute Gasteiger partial charge is 0.238 e. The average Bonchev–Trinajstić information content (AvgIpc) is 3.21. The summed E-state index contributed by atoms with van der Waals surface area (Å²) < 4.78 is 5.53.